The van der Waals surface area contributed by atoms with Gasteiger partial charge >= 0.3 is 12.1 Å². The van der Waals surface area contributed by atoms with Crippen LogP contribution in [0.2, 0.25) is 0 Å². The molecule has 0 spiro atoms. The number of esters is 1. The van der Waals surface area contributed by atoms with Crippen LogP contribution in [0.15, 0.2) is 0 Å². The molecule has 0 aromatic carbocycles. The zero-order valence-corrected chi connectivity index (χ0v) is 10.1. The molecule has 1 rings (SSSR count). The van der Waals surface area contributed by atoms with E-state index in [1.807, 2.05) is 0 Å². The summed E-state index contributed by atoms with van der Waals surface area (Å²) in [6.45, 7) is 4.23. The number of ether oxygens (including phenoxy) is 2. The fourth-order valence-electron chi connectivity index (χ4n) is 1.66. The highest BCUT2D eigenvalue weighted by molar-refractivity contribution is 6.00. The summed E-state index contributed by atoms with van der Waals surface area (Å²) in [5, 5.41) is 0. The number of likely N-dealkylation sites (tertiary alicyclic amines) is 1. The first kappa shape index (κ1) is 13.5. The van der Waals surface area contributed by atoms with Gasteiger partial charge in [0.2, 0.25) is 0 Å². The largest absolute Gasteiger partial charge is 0.465 e. The van der Waals surface area contributed by atoms with Crippen molar-refractivity contribution in [2.24, 2.45) is 5.92 Å². The van der Waals surface area contributed by atoms with Crippen LogP contribution in [0.3, 0.4) is 0 Å². The number of rotatable bonds is 3. The Hall–Kier alpha value is -1.59. The average Bonchev–Trinajstić information content (AvgIpc) is 2.30. The maximum Gasteiger partial charge on any atom is 0.409 e. The number of amides is 1. The third-order valence-corrected chi connectivity index (χ3v) is 2.52. The van der Waals surface area contributed by atoms with Crippen LogP contribution in [-0.4, -0.2) is 49.0 Å². The van der Waals surface area contributed by atoms with E-state index in [2.05, 4.69) is 0 Å². The summed E-state index contributed by atoms with van der Waals surface area (Å²) >= 11 is 0. The van der Waals surface area contributed by atoms with Crippen LogP contribution >= 0.6 is 0 Å². The molecular formula is C11H17NO5. The van der Waals surface area contributed by atoms with E-state index in [0.29, 0.717) is 6.54 Å². The molecule has 0 aromatic rings. The van der Waals surface area contributed by atoms with Crippen LogP contribution in [0.4, 0.5) is 4.79 Å². The van der Waals surface area contributed by atoms with Crippen molar-refractivity contribution >= 4 is 17.8 Å². The molecule has 1 heterocycles. The molecule has 0 N–H and O–H groups in total. The number of hydrogen-bond donors (Lipinski definition) is 0. The summed E-state index contributed by atoms with van der Waals surface area (Å²) in [6.07, 6.45) is -0.322. The summed E-state index contributed by atoms with van der Waals surface area (Å²) in [5.74, 6) is -1.61. The van der Waals surface area contributed by atoms with E-state index in [0.717, 1.165) is 0 Å². The molecule has 96 valence electrons. The first-order valence-corrected chi connectivity index (χ1v) is 5.71. The average molecular weight is 243 g/mol. The Bertz CT molecular complexity index is 315. The summed E-state index contributed by atoms with van der Waals surface area (Å²) in [5.41, 5.74) is 0. The molecule has 1 amide bonds. The van der Waals surface area contributed by atoms with Crippen molar-refractivity contribution in [3.8, 4) is 0 Å². The zero-order chi connectivity index (χ0) is 12.8. The molecule has 1 fully saturated rings. The lowest BCUT2D eigenvalue weighted by molar-refractivity contribution is -0.153. The topological polar surface area (TPSA) is 72.9 Å². The van der Waals surface area contributed by atoms with Crippen molar-refractivity contribution in [2.45, 2.75) is 20.3 Å². The number of carbonyl (C=O) groups excluding carboxylic acids is 3. The Morgan fingerprint density at radius 2 is 1.94 bits per heavy atom. The van der Waals surface area contributed by atoms with Crippen molar-refractivity contribution in [1.29, 1.82) is 0 Å². The van der Waals surface area contributed by atoms with Crippen molar-refractivity contribution < 1.29 is 23.9 Å². The molecule has 0 aromatic heterocycles. The molecule has 1 unspecified atom stereocenters. The van der Waals surface area contributed by atoms with Gasteiger partial charge in [-0.05, 0) is 13.8 Å². The molecule has 0 bridgehead atoms. The molecule has 1 saturated heterocycles. The van der Waals surface area contributed by atoms with E-state index < -0.39 is 18.0 Å². The van der Waals surface area contributed by atoms with E-state index >= 15 is 0 Å². The third kappa shape index (κ3) is 3.44. The van der Waals surface area contributed by atoms with Gasteiger partial charge in [0, 0.05) is 19.5 Å². The van der Waals surface area contributed by atoms with Gasteiger partial charge in [0.1, 0.15) is 5.92 Å². The molecule has 0 aliphatic carbocycles. The van der Waals surface area contributed by atoms with Crippen LogP contribution in [-0.2, 0) is 19.1 Å². The van der Waals surface area contributed by atoms with Crippen LogP contribution < -0.4 is 0 Å². The fourth-order valence-corrected chi connectivity index (χ4v) is 1.66. The van der Waals surface area contributed by atoms with Gasteiger partial charge in [-0.15, -0.1) is 0 Å². The molecule has 1 aliphatic rings. The van der Waals surface area contributed by atoms with Gasteiger partial charge in [0.15, 0.2) is 5.78 Å². The summed E-state index contributed by atoms with van der Waals surface area (Å²) in [4.78, 5) is 35.9. The predicted molar refractivity (Wildman–Crippen MR) is 58.3 cm³/mol. The minimum absolute atomic E-state index is 0.0521. The van der Waals surface area contributed by atoms with Crippen molar-refractivity contribution in [3.05, 3.63) is 0 Å². The van der Waals surface area contributed by atoms with E-state index in [9.17, 15) is 14.4 Å². The lowest BCUT2D eigenvalue weighted by Crippen LogP contribution is -2.47. The van der Waals surface area contributed by atoms with E-state index in [1.54, 1.807) is 13.8 Å². The van der Waals surface area contributed by atoms with Crippen molar-refractivity contribution in [3.63, 3.8) is 0 Å². The van der Waals surface area contributed by atoms with Gasteiger partial charge in [0.05, 0.1) is 13.2 Å². The second kappa shape index (κ2) is 6.22. The molecular weight excluding hydrogens is 226 g/mol. The number of nitrogens with zero attached hydrogens (tertiary/aromatic N) is 1. The molecule has 1 aliphatic heterocycles. The van der Waals surface area contributed by atoms with Crippen LogP contribution in [0.25, 0.3) is 0 Å². The van der Waals surface area contributed by atoms with Gasteiger partial charge in [-0.25, -0.2) is 4.79 Å². The summed E-state index contributed by atoms with van der Waals surface area (Å²) in [7, 11) is 0. The summed E-state index contributed by atoms with van der Waals surface area (Å²) in [6, 6.07) is 0. The monoisotopic (exact) mass is 243 g/mol. The second-order valence-electron chi connectivity index (χ2n) is 3.67. The maximum absolute atomic E-state index is 11.6. The standard InChI is InChI=1S/C11H17NO5/c1-3-16-10(14)8-7-12(6-5-9(8)13)11(15)17-4-2/h8H,3-7H2,1-2H3. The van der Waals surface area contributed by atoms with Gasteiger partial charge in [-0.1, -0.05) is 0 Å². The number of carbonyl (C=O) groups is 3. The molecule has 0 saturated carbocycles. The Morgan fingerprint density at radius 3 is 2.53 bits per heavy atom. The molecule has 1 atom stereocenters. The summed E-state index contributed by atoms with van der Waals surface area (Å²) < 4.78 is 9.63. The molecule has 6 nitrogen and oxygen atoms in total. The lowest BCUT2D eigenvalue weighted by atomic mass is 9.97. The minimum Gasteiger partial charge on any atom is -0.465 e. The first-order valence-electron chi connectivity index (χ1n) is 5.71. The predicted octanol–water partition coefficient (Wildman–Crippen LogP) is 0.597. The van der Waals surface area contributed by atoms with Crippen molar-refractivity contribution in [2.75, 3.05) is 26.3 Å². The van der Waals surface area contributed by atoms with E-state index in [4.69, 9.17) is 9.47 Å². The van der Waals surface area contributed by atoms with E-state index in [-0.39, 0.29) is 32.0 Å². The number of Topliss-reactive ketones (excluding diaryl/α,β-unsaturated/α-hetero) is 1. The van der Waals surface area contributed by atoms with Gasteiger partial charge in [0.25, 0.3) is 0 Å². The highest BCUT2D eigenvalue weighted by atomic mass is 16.6. The van der Waals surface area contributed by atoms with Gasteiger partial charge in [-0.2, -0.15) is 0 Å². The Morgan fingerprint density at radius 1 is 1.29 bits per heavy atom. The Labute approximate surface area is 99.9 Å². The van der Waals surface area contributed by atoms with Gasteiger partial charge in [-0.3, -0.25) is 9.59 Å². The highest BCUT2D eigenvalue weighted by Crippen LogP contribution is 2.15. The number of piperidine rings is 1. The Balaban J connectivity index is 2.62. The first-order chi connectivity index (χ1) is 8.10. The highest BCUT2D eigenvalue weighted by Gasteiger charge is 2.36. The van der Waals surface area contributed by atoms with E-state index in [1.165, 1.54) is 4.90 Å². The zero-order valence-electron chi connectivity index (χ0n) is 10.1. The lowest BCUT2D eigenvalue weighted by Gasteiger charge is -2.29. The number of ketones is 1. The second-order valence-corrected chi connectivity index (χ2v) is 3.67. The van der Waals surface area contributed by atoms with Crippen LogP contribution in [0.5, 0.6) is 0 Å². The van der Waals surface area contributed by atoms with Crippen LogP contribution in [0, 0.1) is 5.92 Å². The Kier molecular flexibility index (Phi) is 4.93. The van der Waals surface area contributed by atoms with Gasteiger partial charge < -0.3 is 14.4 Å². The molecule has 0 radical (unpaired) electrons. The third-order valence-electron chi connectivity index (χ3n) is 2.52. The molecule has 6 heteroatoms. The normalized spacial score (nSPS) is 20.0. The van der Waals surface area contributed by atoms with Crippen molar-refractivity contribution in [1.82, 2.24) is 4.90 Å². The quantitative estimate of drug-likeness (QED) is 0.536. The maximum atomic E-state index is 11.6. The molecule has 17 heavy (non-hydrogen) atoms. The smallest absolute Gasteiger partial charge is 0.409 e. The van der Waals surface area contributed by atoms with Crippen LogP contribution in [0.1, 0.15) is 20.3 Å². The fraction of sp³-hybridized carbons (Fsp3) is 0.727. The number of hydrogen-bond acceptors (Lipinski definition) is 5. The minimum atomic E-state index is -0.867. The SMILES string of the molecule is CCOC(=O)C1CN(C(=O)OCC)CCC1=O.